The summed E-state index contributed by atoms with van der Waals surface area (Å²) >= 11 is 0. The number of para-hydroxylation sites is 2. The molecule has 0 aliphatic carbocycles. The van der Waals surface area contributed by atoms with Gasteiger partial charge in [-0.15, -0.1) is 0 Å². The summed E-state index contributed by atoms with van der Waals surface area (Å²) in [6.45, 7) is 2.86. The number of aromatic nitrogens is 2. The minimum Gasteiger partial charge on any atom is -0.491 e. The van der Waals surface area contributed by atoms with Crippen molar-refractivity contribution in [3.05, 3.63) is 42.7 Å². The quantitative estimate of drug-likeness (QED) is 0.803. The molecule has 0 radical (unpaired) electrons. The van der Waals surface area contributed by atoms with Gasteiger partial charge in [-0.2, -0.15) is 0 Å². The van der Waals surface area contributed by atoms with Crippen molar-refractivity contribution in [3.8, 4) is 5.75 Å². The van der Waals surface area contributed by atoms with Crippen LogP contribution in [-0.4, -0.2) is 66.0 Å². The monoisotopic (exact) mass is 367 g/mol. The number of nitrogens with zero attached hydrogens (tertiary/aromatic N) is 5. The maximum Gasteiger partial charge on any atom is 0.242 e. The van der Waals surface area contributed by atoms with Crippen LogP contribution in [0.25, 0.3) is 0 Å². The lowest BCUT2D eigenvalue weighted by Crippen LogP contribution is -2.52. The maximum atomic E-state index is 12.8. The molecule has 0 N–H and O–H groups in total. The van der Waals surface area contributed by atoms with E-state index in [2.05, 4.69) is 14.9 Å². The SMILES string of the molecule is O=C(CN1C(=O)CCOc2ccccc21)N1CCN(c2ncccn2)CC1. The van der Waals surface area contributed by atoms with Crippen LogP contribution in [-0.2, 0) is 9.59 Å². The standard InChI is InChI=1S/C19H21N5O3/c25-17-6-13-27-16-5-2-1-4-15(16)24(17)14-18(26)22-9-11-23(12-10-22)19-20-7-3-8-21-19/h1-5,7-8H,6,9-14H2. The number of amides is 2. The van der Waals surface area contributed by atoms with Crippen LogP contribution >= 0.6 is 0 Å². The van der Waals surface area contributed by atoms with Crippen LogP contribution in [0.2, 0.25) is 0 Å². The molecule has 8 nitrogen and oxygen atoms in total. The van der Waals surface area contributed by atoms with E-state index in [9.17, 15) is 9.59 Å². The fraction of sp³-hybridized carbons (Fsp3) is 0.368. The molecule has 2 amide bonds. The van der Waals surface area contributed by atoms with Crippen molar-refractivity contribution >= 4 is 23.5 Å². The highest BCUT2D eigenvalue weighted by Crippen LogP contribution is 2.30. The zero-order valence-corrected chi connectivity index (χ0v) is 15.0. The Bertz CT molecular complexity index is 821. The molecule has 0 bridgehead atoms. The van der Waals surface area contributed by atoms with Crippen LogP contribution in [0.15, 0.2) is 42.7 Å². The second-order valence-corrected chi connectivity index (χ2v) is 6.46. The van der Waals surface area contributed by atoms with Crippen LogP contribution in [0.4, 0.5) is 11.6 Å². The molecule has 3 heterocycles. The molecule has 0 atom stereocenters. The summed E-state index contributed by atoms with van der Waals surface area (Å²) in [4.78, 5) is 39.2. The van der Waals surface area contributed by atoms with Crippen molar-refractivity contribution in [1.82, 2.24) is 14.9 Å². The number of hydrogen-bond acceptors (Lipinski definition) is 6. The second-order valence-electron chi connectivity index (χ2n) is 6.46. The molecule has 27 heavy (non-hydrogen) atoms. The summed E-state index contributed by atoms with van der Waals surface area (Å²) < 4.78 is 5.63. The van der Waals surface area contributed by atoms with Gasteiger partial charge in [-0.05, 0) is 18.2 Å². The first-order chi connectivity index (χ1) is 13.2. The predicted octanol–water partition coefficient (Wildman–Crippen LogP) is 0.941. The molecule has 0 unspecified atom stereocenters. The van der Waals surface area contributed by atoms with Crippen LogP contribution in [0.3, 0.4) is 0 Å². The number of carbonyl (C=O) groups is 2. The number of ether oxygens (including phenoxy) is 1. The topological polar surface area (TPSA) is 78.9 Å². The van der Waals surface area contributed by atoms with Crippen molar-refractivity contribution in [1.29, 1.82) is 0 Å². The first kappa shape index (κ1) is 17.3. The third-order valence-corrected chi connectivity index (χ3v) is 4.79. The van der Waals surface area contributed by atoms with Crippen molar-refractivity contribution < 1.29 is 14.3 Å². The summed E-state index contributed by atoms with van der Waals surface area (Å²) in [5.74, 6) is 1.17. The molecule has 1 saturated heterocycles. The number of rotatable bonds is 3. The Labute approximate surface area is 157 Å². The highest BCUT2D eigenvalue weighted by Gasteiger charge is 2.28. The summed E-state index contributed by atoms with van der Waals surface area (Å²) in [6.07, 6.45) is 3.69. The third kappa shape index (κ3) is 3.69. The van der Waals surface area contributed by atoms with E-state index in [4.69, 9.17) is 4.74 Å². The summed E-state index contributed by atoms with van der Waals surface area (Å²) in [6, 6.07) is 9.12. The fourth-order valence-corrected chi connectivity index (χ4v) is 3.34. The lowest BCUT2D eigenvalue weighted by Gasteiger charge is -2.35. The van der Waals surface area contributed by atoms with Gasteiger partial charge in [-0.3, -0.25) is 14.5 Å². The molecular formula is C19H21N5O3. The van der Waals surface area contributed by atoms with Gasteiger partial charge in [0.2, 0.25) is 17.8 Å². The Hall–Kier alpha value is -3.16. The van der Waals surface area contributed by atoms with E-state index in [1.165, 1.54) is 4.90 Å². The van der Waals surface area contributed by atoms with Crippen molar-refractivity contribution in [2.24, 2.45) is 0 Å². The second kappa shape index (κ2) is 7.61. The van der Waals surface area contributed by atoms with E-state index in [1.807, 2.05) is 24.3 Å². The first-order valence-electron chi connectivity index (χ1n) is 9.04. The largest absolute Gasteiger partial charge is 0.491 e. The van der Waals surface area contributed by atoms with Crippen molar-refractivity contribution in [2.75, 3.05) is 49.1 Å². The third-order valence-electron chi connectivity index (χ3n) is 4.79. The highest BCUT2D eigenvalue weighted by molar-refractivity contribution is 6.00. The number of fused-ring (bicyclic) bond motifs is 1. The number of benzene rings is 1. The Balaban J connectivity index is 1.42. The van der Waals surface area contributed by atoms with Gasteiger partial charge in [-0.1, -0.05) is 12.1 Å². The molecule has 4 rings (SSSR count). The maximum absolute atomic E-state index is 12.8. The zero-order valence-electron chi connectivity index (χ0n) is 15.0. The molecule has 1 aromatic carbocycles. The normalized spacial score (nSPS) is 17.2. The Kier molecular flexibility index (Phi) is 4.86. The van der Waals surface area contributed by atoms with Crippen LogP contribution < -0.4 is 14.5 Å². The van der Waals surface area contributed by atoms with Gasteiger partial charge < -0.3 is 14.5 Å². The average Bonchev–Trinajstić information content (AvgIpc) is 2.88. The van der Waals surface area contributed by atoms with Gasteiger partial charge in [0.15, 0.2) is 0 Å². The number of piperazine rings is 1. The molecule has 1 fully saturated rings. The molecule has 2 aliphatic rings. The van der Waals surface area contributed by atoms with Crippen LogP contribution in [0, 0.1) is 0 Å². The van der Waals surface area contributed by atoms with E-state index < -0.39 is 0 Å². The van der Waals surface area contributed by atoms with E-state index >= 15 is 0 Å². The van der Waals surface area contributed by atoms with Gasteiger partial charge >= 0.3 is 0 Å². The molecule has 140 valence electrons. The number of anilines is 2. The van der Waals surface area contributed by atoms with Crippen molar-refractivity contribution in [2.45, 2.75) is 6.42 Å². The van der Waals surface area contributed by atoms with Gasteiger partial charge in [-0.25, -0.2) is 9.97 Å². The van der Waals surface area contributed by atoms with Crippen molar-refractivity contribution in [3.63, 3.8) is 0 Å². The van der Waals surface area contributed by atoms with E-state index in [0.29, 0.717) is 50.2 Å². The molecule has 2 aliphatic heterocycles. The molecule has 2 aromatic rings. The van der Waals surface area contributed by atoms with Gasteiger partial charge in [0, 0.05) is 38.6 Å². The Morgan fingerprint density at radius 2 is 1.78 bits per heavy atom. The molecular weight excluding hydrogens is 346 g/mol. The summed E-state index contributed by atoms with van der Waals surface area (Å²) in [7, 11) is 0. The Morgan fingerprint density at radius 3 is 2.56 bits per heavy atom. The zero-order chi connectivity index (χ0) is 18.6. The predicted molar refractivity (Wildman–Crippen MR) is 99.7 cm³/mol. The van der Waals surface area contributed by atoms with Gasteiger partial charge in [0.1, 0.15) is 12.3 Å². The van der Waals surface area contributed by atoms with Crippen LogP contribution in [0.1, 0.15) is 6.42 Å². The smallest absolute Gasteiger partial charge is 0.242 e. The molecule has 0 spiro atoms. The average molecular weight is 367 g/mol. The molecule has 0 saturated carbocycles. The summed E-state index contributed by atoms with van der Waals surface area (Å²) in [5.41, 5.74) is 0.657. The number of carbonyl (C=O) groups excluding carboxylic acids is 2. The van der Waals surface area contributed by atoms with E-state index in [1.54, 1.807) is 23.4 Å². The van der Waals surface area contributed by atoms with Gasteiger partial charge in [0.25, 0.3) is 0 Å². The first-order valence-corrected chi connectivity index (χ1v) is 9.04. The summed E-state index contributed by atoms with van der Waals surface area (Å²) in [5, 5.41) is 0. The van der Waals surface area contributed by atoms with E-state index in [-0.39, 0.29) is 24.8 Å². The van der Waals surface area contributed by atoms with Gasteiger partial charge in [0.05, 0.1) is 18.7 Å². The molecule has 8 heteroatoms. The number of hydrogen-bond donors (Lipinski definition) is 0. The Morgan fingerprint density at radius 1 is 1.04 bits per heavy atom. The lowest BCUT2D eigenvalue weighted by molar-refractivity contribution is -0.131. The fourth-order valence-electron chi connectivity index (χ4n) is 3.34. The van der Waals surface area contributed by atoms with Crippen LogP contribution in [0.5, 0.6) is 5.75 Å². The molecule has 1 aromatic heterocycles. The van der Waals surface area contributed by atoms with E-state index in [0.717, 1.165) is 0 Å². The highest BCUT2D eigenvalue weighted by atomic mass is 16.5. The minimum atomic E-state index is -0.0929. The minimum absolute atomic E-state index is 0.0288. The lowest BCUT2D eigenvalue weighted by atomic mass is 10.2.